The Morgan fingerprint density at radius 2 is 2.21 bits per heavy atom. The Labute approximate surface area is 113 Å². The number of nitrogens with zero attached hydrogens (tertiary/aromatic N) is 4. The van der Waals surface area contributed by atoms with Gasteiger partial charge in [0.2, 0.25) is 0 Å². The van der Waals surface area contributed by atoms with Gasteiger partial charge in [0, 0.05) is 24.7 Å². The van der Waals surface area contributed by atoms with E-state index in [0.717, 1.165) is 30.0 Å². The molecule has 1 aliphatic rings. The SMILES string of the molecule is CCCc1c(NC)ncnc1-n1ccc(C2CC2)n1. The van der Waals surface area contributed by atoms with Gasteiger partial charge in [0.15, 0.2) is 5.82 Å². The number of aromatic nitrogens is 4. The molecule has 0 aliphatic heterocycles. The minimum Gasteiger partial charge on any atom is -0.373 e. The van der Waals surface area contributed by atoms with Crippen molar-refractivity contribution in [1.82, 2.24) is 19.7 Å². The van der Waals surface area contributed by atoms with E-state index in [1.165, 1.54) is 18.5 Å². The van der Waals surface area contributed by atoms with E-state index in [0.29, 0.717) is 5.92 Å². The van der Waals surface area contributed by atoms with E-state index in [9.17, 15) is 0 Å². The predicted octanol–water partition coefficient (Wildman–Crippen LogP) is 2.53. The molecular weight excluding hydrogens is 238 g/mol. The molecule has 2 aromatic rings. The van der Waals surface area contributed by atoms with Crippen molar-refractivity contribution >= 4 is 5.82 Å². The third-order valence-corrected chi connectivity index (χ3v) is 3.48. The Balaban J connectivity index is 2.01. The zero-order chi connectivity index (χ0) is 13.2. The van der Waals surface area contributed by atoms with Crippen molar-refractivity contribution in [2.75, 3.05) is 12.4 Å². The largest absolute Gasteiger partial charge is 0.373 e. The Morgan fingerprint density at radius 1 is 1.37 bits per heavy atom. The van der Waals surface area contributed by atoms with Gasteiger partial charge in [-0.2, -0.15) is 5.10 Å². The molecule has 0 unspecified atom stereocenters. The summed E-state index contributed by atoms with van der Waals surface area (Å²) in [6, 6.07) is 2.11. The van der Waals surface area contributed by atoms with Gasteiger partial charge in [-0.15, -0.1) is 0 Å². The lowest BCUT2D eigenvalue weighted by Gasteiger charge is -2.11. The minimum absolute atomic E-state index is 0.668. The van der Waals surface area contributed by atoms with Crippen LogP contribution in [-0.2, 0) is 6.42 Å². The summed E-state index contributed by atoms with van der Waals surface area (Å²) in [4.78, 5) is 8.71. The number of hydrogen-bond donors (Lipinski definition) is 1. The van der Waals surface area contributed by atoms with E-state index in [2.05, 4.69) is 33.4 Å². The second-order valence-electron chi connectivity index (χ2n) is 4.98. The molecule has 0 aromatic carbocycles. The van der Waals surface area contributed by atoms with Gasteiger partial charge in [-0.1, -0.05) is 13.3 Å². The van der Waals surface area contributed by atoms with E-state index in [4.69, 9.17) is 0 Å². The molecule has 3 rings (SSSR count). The van der Waals surface area contributed by atoms with Crippen molar-refractivity contribution in [3.8, 4) is 5.82 Å². The van der Waals surface area contributed by atoms with Crippen LogP contribution in [0.25, 0.3) is 5.82 Å². The first kappa shape index (κ1) is 12.1. The van der Waals surface area contributed by atoms with Crippen LogP contribution < -0.4 is 5.32 Å². The summed E-state index contributed by atoms with van der Waals surface area (Å²) < 4.78 is 1.89. The molecule has 0 saturated heterocycles. The molecule has 5 nitrogen and oxygen atoms in total. The van der Waals surface area contributed by atoms with Crippen LogP contribution in [0, 0.1) is 0 Å². The maximum absolute atomic E-state index is 4.66. The highest BCUT2D eigenvalue weighted by molar-refractivity contribution is 5.51. The van der Waals surface area contributed by atoms with E-state index < -0.39 is 0 Å². The molecule has 0 radical (unpaired) electrons. The highest BCUT2D eigenvalue weighted by Crippen LogP contribution is 2.39. The molecule has 2 aromatic heterocycles. The standard InChI is InChI=1S/C14H19N5/c1-3-4-11-13(15-2)16-9-17-14(11)19-8-7-12(18-19)10-5-6-10/h7-10H,3-6H2,1-2H3,(H,15,16,17). The summed E-state index contributed by atoms with van der Waals surface area (Å²) in [5, 5.41) is 7.80. The molecule has 0 spiro atoms. The summed E-state index contributed by atoms with van der Waals surface area (Å²) in [5.41, 5.74) is 2.32. The average molecular weight is 257 g/mol. The zero-order valence-corrected chi connectivity index (χ0v) is 11.4. The maximum Gasteiger partial charge on any atom is 0.161 e. The van der Waals surface area contributed by atoms with Gasteiger partial charge in [-0.25, -0.2) is 14.6 Å². The van der Waals surface area contributed by atoms with Gasteiger partial charge in [0.25, 0.3) is 0 Å². The average Bonchev–Trinajstić information content (AvgIpc) is 3.17. The van der Waals surface area contributed by atoms with Crippen LogP contribution in [0.5, 0.6) is 0 Å². The lowest BCUT2D eigenvalue weighted by atomic mass is 10.1. The van der Waals surface area contributed by atoms with Crippen molar-refractivity contribution < 1.29 is 0 Å². The molecule has 2 heterocycles. The van der Waals surface area contributed by atoms with Gasteiger partial charge >= 0.3 is 0 Å². The molecule has 1 saturated carbocycles. The quantitative estimate of drug-likeness (QED) is 0.894. The van der Waals surface area contributed by atoms with Crippen LogP contribution in [-0.4, -0.2) is 26.8 Å². The van der Waals surface area contributed by atoms with Crippen LogP contribution in [0.4, 0.5) is 5.82 Å². The number of rotatable bonds is 5. The molecule has 0 amide bonds. The lowest BCUT2D eigenvalue weighted by molar-refractivity contribution is 0.780. The number of anilines is 1. The molecule has 0 atom stereocenters. The zero-order valence-electron chi connectivity index (χ0n) is 11.4. The highest BCUT2D eigenvalue weighted by atomic mass is 15.3. The van der Waals surface area contributed by atoms with Crippen LogP contribution in [0.1, 0.15) is 43.4 Å². The van der Waals surface area contributed by atoms with Crippen LogP contribution in [0.3, 0.4) is 0 Å². The fraction of sp³-hybridized carbons (Fsp3) is 0.500. The van der Waals surface area contributed by atoms with Crippen molar-refractivity contribution in [1.29, 1.82) is 0 Å². The predicted molar refractivity (Wildman–Crippen MR) is 74.7 cm³/mol. The molecule has 100 valence electrons. The maximum atomic E-state index is 4.66. The van der Waals surface area contributed by atoms with Crippen LogP contribution in [0.2, 0.25) is 0 Å². The van der Waals surface area contributed by atoms with E-state index in [-0.39, 0.29) is 0 Å². The summed E-state index contributed by atoms with van der Waals surface area (Å²) in [6.07, 6.45) is 8.15. The minimum atomic E-state index is 0.668. The van der Waals surface area contributed by atoms with E-state index >= 15 is 0 Å². The van der Waals surface area contributed by atoms with Gasteiger partial charge in [-0.3, -0.25) is 0 Å². The van der Waals surface area contributed by atoms with Gasteiger partial charge in [-0.05, 0) is 25.3 Å². The van der Waals surface area contributed by atoms with Crippen molar-refractivity contribution in [3.05, 3.63) is 29.8 Å². The fourth-order valence-electron chi connectivity index (χ4n) is 2.35. The molecule has 1 aliphatic carbocycles. The summed E-state index contributed by atoms with van der Waals surface area (Å²) in [5.74, 6) is 2.46. The highest BCUT2D eigenvalue weighted by Gasteiger charge is 2.26. The monoisotopic (exact) mass is 257 g/mol. The summed E-state index contributed by atoms with van der Waals surface area (Å²) in [6.45, 7) is 2.16. The number of nitrogens with one attached hydrogen (secondary N) is 1. The molecular formula is C14H19N5. The van der Waals surface area contributed by atoms with Crippen molar-refractivity contribution in [3.63, 3.8) is 0 Å². The van der Waals surface area contributed by atoms with Crippen molar-refractivity contribution in [2.24, 2.45) is 0 Å². The lowest BCUT2D eigenvalue weighted by Crippen LogP contribution is -2.08. The molecule has 1 fully saturated rings. The smallest absolute Gasteiger partial charge is 0.161 e. The molecule has 5 heteroatoms. The Hall–Kier alpha value is -1.91. The van der Waals surface area contributed by atoms with Gasteiger partial charge in [0.05, 0.1) is 5.69 Å². The first-order chi connectivity index (χ1) is 9.33. The summed E-state index contributed by atoms with van der Waals surface area (Å²) in [7, 11) is 1.89. The third-order valence-electron chi connectivity index (χ3n) is 3.48. The van der Waals surface area contributed by atoms with E-state index in [1.807, 2.05) is 17.9 Å². The van der Waals surface area contributed by atoms with Crippen LogP contribution in [0.15, 0.2) is 18.6 Å². The molecule has 0 bridgehead atoms. The topological polar surface area (TPSA) is 55.6 Å². The van der Waals surface area contributed by atoms with Crippen molar-refractivity contribution in [2.45, 2.75) is 38.5 Å². The normalized spacial score (nSPS) is 14.6. The summed E-state index contributed by atoms with van der Waals surface area (Å²) >= 11 is 0. The van der Waals surface area contributed by atoms with Gasteiger partial charge in [0.1, 0.15) is 12.1 Å². The first-order valence-corrected chi connectivity index (χ1v) is 6.91. The fourth-order valence-corrected chi connectivity index (χ4v) is 2.35. The second kappa shape index (κ2) is 4.99. The Morgan fingerprint density at radius 3 is 2.89 bits per heavy atom. The third kappa shape index (κ3) is 2.32. The second-order valence-corrected chi connectivity index (χ2v) is 4.98. The van der Waals surface area contributed by atoms with Crippen LogP contribution >= 0.6 is 0 Å². The number of hydrogen-bond acceptors (Lipinski definition) is 4. The van der Waals surface area contributed by atoms with E-state index in [1.54, 1.807) is 6.33 Å². The molecule has 1 N–H and O–H groups in total. The Kier molecular flexibility index (Phi) is 3.19. The first-order valence-electron chi connectivity index (χ1n) is 6.91. The Bertz CT molecular complexity index is 571. The van der Waals surface area contributed by atoms with Gasteiger partial charge < -0.3 is 5.32 Å². The molecule has 19 heavy (non-hydrogen) atoms.